The van der Waals surface area contributed by atoms with E-state index in [0.717, 1.165) is 16.5 Å². The Morgan fingerprint density at radius 1 is 1.25 bits per heavy atom. The van der Waals surface area contributed by atoms with Crippen LogP contribution >= 0.6 is 0 Å². The van der Waals surface area contributed by atoms with Gasteiger partial charge in [-0.15, -0.1) is 0 Å². The molecule has 3 nitrogen and oxygen atoms in total. The highest BCUT2D eigenvalue weighted by Crippen LogP contribution is 2.24. The maximum absolute atomic E-state index is 8.98. The van der Waals surface area contributed by atoms with Crippen LogP contribution in [0.2, 0.25) is 0 Å². The molecule has 16 heavy (non-hydrogen) atoms. The van der Waals surface area contributed by atoms with E-state index in [1.807, 2.05) is 26.0 Å². The first-order valence-electron chi connectivity index (χ1n) is 5.02. The fourth-order valence-electron chi connectivity index (χ4n) is 1.87. The van der Waals surface area contributed by atoms with Gasteiger partial charge >= 0.3 is 0 Å². The molecule has 0 fully saturated rings. The van der Waals surface area contributed by atoms with Crippen molar-refractivity contribution in [1.29, 1.82) is 5.26 Å². The van der Waals surface area contributed by atoms with Gasteiger partial charge in [-0.1, -0.05) is 11.6 Å². The number of ether oxygens (including phenoxy) is 1. The third kappa shape index (κ3) is 1.59. The lowest BCUT2D eigenvalue weighted by atomic mass is 10.1. The van der Waals surface area contributed by atoms with Gasteiger partial charge in [0.2, 0.25) is 5.88 Å². The molecule has 0 bridgehead atoms. The molecule has 0 atom stereocenters. The molecule has 0 saturated heterocycles. The number of pyridine rings is 1. The van der Waals surface area contributed by atoms with Crippen LogP contribution in [0.1, 0.15) is 16.7 Å². The van der Waals surface area contributed by atoms with Crippen molar-refractivity contribution in [3.63, 3.8) is 0 Å². The summed E-state index contributed by atoms with van der Waals surface area (Å²) in [5.41, 5.74) is 3.63. The standard InChI is InChI=1S/C13H12N2O/c1-8-4-9(2)12-10(5-8)6-11(7-14)13(15-12)16-3/h4-6H,1-3H3. The van der Waals surface area contributed by atoms with E-state index < -0.39 is 0 Å². The zero-order valence-electron chi connectivity index (χ0n) is 9.53. The Morgan fingerprint density at radius 3 is 2.62 bits per heavy atom. The summed E-state index contributed by atoms with van der Waals surface area (Å²) in [5.74, 6) is 0.391. The molecule has 1 heterocycles. The van der Waals surface area contributed by atoms with Gasteiger partial charge in [0.25, 0.3) is 0 Å². The van der Waals surface area contributed by atoms with Crippen LogP contribution in [0.4, 0.5) is 0 Å². The van der Waals surface area contributed by atoms with Gasteiger partial charge in [-0.2, -0.15) is 5.26 Å². The fraction of sp³-hybridized carbons (Fsp3) is 0.231. The molecule has 0 aliphatic rings. The SMILES string of the molecule is COc1nc2c(C)cc(C)cc2cc1C#N. The highest BCUT2D eigenvalue weighted by Gasteiger charge is 2.08. The molecule has 0 amide bonds. The molecule has 0 saturated carbocycles. The Balaban J connectivity index is 2.84. The van der Waals surface area contributed by atoms with Crippen molar-refractivity contribution in [2.75, 3.05) is 7.11 Å². The summed E-state index contributed by atoms with van der Waals surface area (Å²) in [6.45, 7) is 4.04. The number of nitrogens with zero attached hydrogens (tertiary/aromatic N) is 2. The van der Waals surface area contributed by atoms with Gasteiger partial charge in [0.1, 0.15) is 11.6 Å². The maximum atomic E-state index is 8.98. The van der Waals surface area contributed by atoms with Crippen molar-refractivity contribution in [1.82, 2.24) is 4.98 Å². The Bertz CT molecular complexity index is 597. The van der Waals surface area contributed by atoms with Gasteiger partial charge in [-0.25, -0.2) is 4.98 Å². The molecule has 0 aliphatic carbocycles. The summed E-state index contributed by atoms with van der Waals surface area (Å²) in [4.78, 5) is 4.36. The minimum Gasteiger partial charge on any atom is -0.480 e. The lowest BCUT2D eigenvalue weighted by Crippen LogP contribution is -1.94. The number of hydrogen-bond donors (Lipinski definition) is 0. The van der Waals surface area contributed by atoms with E-state index in [1.165, 1.54) is 12.7 Å². The number of rotatable bonds is 1. The minimum absolute atomic E-state index is 0.391. The monoisotopic (exact) mass is 212 g/mol. The molecule has 2 aromatic rings. The zero-order chi connectivity index (χ0) is 11.7. The van der Waals surface area contributed by atoms with E-state index >= 15 is 0 Å². The Morgan fingerprint density at radius 2 is 2.00 bits per heavy atom. The second-order valence-corrected chi connectivity index (χ2v) is 3.81. The summed E-state index contributed by atoms with van der Waals surface area (Å²) < 4.78 is 5.10. The Hall–Kier alpha value is -2.08. The van der Waals surface area contributed by atoms with Crippen LogP contribution in [0.15, 0.2) is 18.2 Å². The van der Waals surface area contributed by atoms with Crippen LogP contribution in [0.3, 0.4) is 0 Å². The summed E-state index contributed by atoms with van der Waals surface area (Å²) >= 11 is 0. The first-order valence-corrected chi connectivity index (χ1v) is 5.02. The smallest absolute Gasteiger partial charge is 0.231 e. The van der Waals surface area contributed by atoms with Gasteiger partial charge in [-0.05, 0) is 31.5 Å². The van der Waals surface area contributed by atoms with Crippen LogP contribution in [-0.4, -0.2) is 12.1 Å². The molecule has 3 heteroatoms. The number of methoxy groups -OCH3 is 1. The average Bonchev–Trinajstić information content (AvgIpc) is 2.27. The van der Waals surface area contributed by atoms with Crippen molar-refractivity contribution in [2.45, 2.75) is 13.8 Å². The molecule has 0 radical (unpaired) electrons. The largest absolute Gasteiger partial charge is 0.480 e. The molecular formula is C13H12N2O. The highest BCUT2D eigenvalue weighted by atomic mass is 16.5. The molecular weight excluding hydrogens is 200 g/mol. The number of benzene rings is 1. The zero-order valence-corrected chi connectivity index (χ0v) is 9.53. The normalized spacial score (nSPS) is 10.1. The van der Waals surface area contributed by atoms with E-state index in [2.05, 4.69) is 17.1 Å². The van der Waals surface area contributed by atoms with Crippen molar-refractivity contribution in [2.24, 2.45) is 0 Å². The van der Waals surface area contributed by atoms with Crippen molar-refractivity contribution in [3.05, 3.63) is 34.9 Å². The van der Waals surface area contributed by atoms with Crippen LogP contribution in [0.5, 0.6) is 5.88 Å². The first kappa shape index (κ1) is 10.4. The van der Waals surface area contributed by atoms with E-state index in [9.17, 15) is 0 Å². The summed E-state index contributed by atoms with van der Waals surface area (Å²) in [6.07, 6.45) is 0. The number of fused-ring (bicyclic) bond motifs is 1. The predicted molar refractivity (Wildman–Crippen MR) is 62.5 cm³/mol. The van der Waals surface area contributed by atoms with Gasteiger partial charge in [0.15, 0.2) is 0 Å². The van der Waals surface area contributed by atoms with Crippen LogP contribution in [-0.2, 0) is 0 Å². The van der Waals surface area contributed by atoms with Crippen molar-refractivity contribution < 1.29 is 4.74 Å². The van der Waals surface area contributed by atoms with Crippen LogP contribution < -0.4 is 4.74 Å². The predicted octanol–water partition coefficient (Wildman–Crippen LogP) is 2.73. The first-order chi connectivity index (χ1) is 7.65. The fourth-order valence-corrected chi connectivity index (χ4v) is 1.87. The third-order valence-corrected chi connectivity index (χ3v) is 2.53. The second-order valence-electron chi connectivity index (χ2n) is 3.81. The Labute approximate surface area is 94.3 Å². The third-order valence-electron chi connectivity index (χ3n) is 2.53. The molecule has 1 aromatic carbocycles. The molecule has 2 rings (SSSR count). The van der Waals surface area contributed by atoms with E-state index in [1.54, 1.807) is 0 Å². The lowest BCUT2D eigenvalue weighted by molar-refractivity contribution is 0.398. The second kappa shape index (κ2) is 3.82. The quantitative estimate of drug-likeness (QED) is 0.730. The summed E-state index contributed by atoms with van der Waals surface area (Å²) in [6, 6.07) is 8.00. The Kier molecular flexibility index (Phi) is 2.49. The number of aromatic nitrogens is 1. The van der Waals surface area contributed by atoms with E-state index in [0.29, 0.717) is 11.4 Å². The lowest BCUT2D eigenvalue weighted by Gasteiger charge is -2.07. The van der Waals surface area contributed by atoms with Crippen LogP contribution in [0, 0.1) is 25.2 Å². The highest BCUT2D eigenvalue weighted by molar-refractivity contribution is 5.84. The molecule has 1 aromatic heterocycles. The summed E-state index contributed by atoms with van der Waals surface area (Å²) in [7, 11) is 1.53. The van der Waals surface area contributed by atoms with Gasteiger partial charge in [-0.3, -0.25) is 0 Å². The van der Waals surface area contributed by atoms with E-state index in [-0.39, 0.29) is 0 Å². The minimum atomic E-state index is 0.391. The average molecular weight is 212 g/mol. The molecule has 0 spiro atoms. The number of hydrogen-bond acceptors (Lipinski definition) is 3. The molecule has 0 aliphatic heterocycles. The topological polar surface area (TPSA) is 45.9 Å². The molecule has 0 N–H and O–H groups in total. The number of aryl methyl sites for hydroxylation is 2. The van der Waals surface area contributed by atoms with Crippen LogP contribution in [0.25, 0.3) is 10.9 Å². The van der Waals surface area contributed by atoms with Gasteiger partial charge in [0, 0.05) is 5.39 Å². The van der Waals surface area contributed by atoms with Gasteiger partial charge < -0.3 is 4.74 Å². The summed E-state index contributed by atoms with van der Waals surface area (Å²) in [5, 5.41) is 9.96. The molecule has 80 valence electrons. The number of nitriles is 1. The van der Waals surface area contributed by atoms with E-state index in [4.69, 9.17) is 10.00 Å². The van der Waals surface area contributed by atoms with Crippen molar-refractivity contribution in [3.8, 4) is 11.9 Å². The maximum Gasteiger partial charge on any atom is 0.231 e. The molecule has 0 unspecified atom stereocenters. The van der Waals surface area contributed by atoms with Gasteiger partial charge in [0.05, 0.1) is 12.6 Å². The van der Waals surface area contributed by atoms with Crippen molar-refractivity contribution >= 4 is 10.9 Å².